The monoisotopic (exact) mass is 399 g/mol. The first-order valence-electron chi connectivity index (χ1n) is 9.81. The van der Waals surface area contributed by atoms with E-state index in [0.717, 1.165) is 11.3 Å². The molecule has 0 aliphatic carbocycles. The lowest BCUT2D eigenvalue weighted by Crippen LogP contribution is -2.43. The van der Waals surface area contributed by atoms with Crippen LogP contribution in [0.5, 0.6) is 5.75 Å². The summed E-state index contributed by atoms with van der Waals surface area (Å²) < 4.78 is 7.08. The van der Waals surface area contributed by atoms with Gasteiger partial charge in [0.25, 0.3) is 0 Å². The zero-order chi connectivity index (χ0) is 20.5. The Labute approximate surface area is 168 Å². The van der Waals surface area contributed by atoms with Crippen molar-refractivity contribution >= 4 is 11.8 Å². The zero-order valence-corrected chi connectivity index (χ0v) is 16.6. The van der Waals surface area contributed by atoms with Gasteiger partial charge < -0.3 is 24.2 Å². The topological polar surface area (TPSA) is 101 Å². The Hall–Kier alpha value is -2.94. The Morgan fingerprint density at radius 2 is 2.00 bits per heavy atom. The van der Waals surface area contributed by atoms with E-state index in [1.807, 2.05) is 35.8 Å². The molecule has 0 bridgehead atoms. The largest absolute Gasteiger partial charge is 0.497 e. The molecule has 29 heavy (non-hydrogen) atoms. The van der Waals surface area contributed by atoms with Gasteiger partial charge >= 0.3 is 0 Å². The van der Waals surface area contributed by atoms with Gasteiger partial charge in [-0.3, -0.25) is 9.59 Å². The minimum atomic E-state index is -0.442. The molecule has 1 saturated heterocycles. The summed E-state index contributed by atoms with van der Waals surface area (Å²) in [6.07, 6.45) is 0.203. The number of aliphatic hydroxyl groups excluding tert-OH is 1. The number of hydrogen-bond acceptors (Lipinski definition) is 6. The second kappa shape index (κ2) is 7.82. The summed E-state index contributed by atoms with van der Waals surface area (Å²) >= 11 is 0. The summed E-state index contributed by atoms with van der Waals surface area (Å²) in [5.41, 5.74) is 0.930. The third kappa shape index (κ3) is 3.35. The van der Waals surface area contributed by atoms with E-state index in [-0.39, 0.29) is 30.9 Å². The molecular formula is C20H25N5O4. The highest BCUT2D eigenvalue weighted by atomic mass is 16.5. The lowest BCUT2D eigenvalue weighted by molar-refractivity contribution is -0.138. The van der Waals surface area contributed by atoms with Gasteiger partial charge in [0.1, 0.15) is 12.4 Å². The Bertz CT molecular complexity index is 910. The van der Waals surface area contributed by atoms with Crippen LogP contribution in [-0.2, 0) is 29.3 Å². The van der Waals surface area contributed by atoms with Gasteiger partial charge in [-0.25, -0.2) is 0 Å². The van der Waals surface area contributed by atoms with E-state index >= 15 is 0 Å². The summed E-state index contributed by atoms with van der Waals surface area (Å²) in [7, 11) is 1.61. The van der Waals surface area contributed by atoms with Crippen LogP contribution in [0.3, 0.4) is 0 Å². The van der Waals surface area contributed by atoms with Crippen molar-refractivity contribution < 1.29 is 19.4 Å². The highest BCUT2D eigenvalue weighted by Crippen LogP contribution is 2.40. The number of likely N-dealkylation sites (tertiary alicyclic amines) is 1. The van der Waals surface area contributed by atoms with Crippen molar-refractivity contribution in [2.75, 3.05) is 20.2 Å². The molecule has 1 fully saturated rings. The van der Waals surface area contributed by atoms with Crippen molar-refractivity contribution in [1.82, 2.24) is 24.6 Å². The van der Waals surface area contributed by atoms with E-state index in [0.29, 0.717) is 37.8 Å². The predicted molar refractivity (Wildman–Crippen MR) is 103 cm³/mol. The number of benzene rings is 1. The normalized spacial score (nSPS) is 21.4. The van der Waals surface area contributed by atoms with Crippen LogP contribution in [0.2, 0.25) is 0 Å². The number of carbonyl (C=O) groups is 2. The molecule has 1 N–H and O–H groups in total. The third-order valence-corrected chi connectivity index (χ3v) is 5.83. The van der Waals surface area contributed by atoms with Crippen molar-refractivity contribution in [3.63, 3.8) is 0 Å². The number of aromatic nitrogens is 3. The summed E-state index contributed by atoms with van der Waals surface area (Å²) in [6.45, 7) is 3.67. The van der Waals surface area contributed by atoms with Gasteiger partial charge in [0.05, 0.1) is 25.6 Å². The second-order valence-corrected chi connectivity index (χ2v) is 7.31. The number of ether oxygens (including phenoxy) is 1. The molecule has 0 radical (unpaired) electrons. The molecule has 3 heterocycles. The van der Waals surface area contributed by atoms with E-state index in [4.69, 9.17) is 4.74 Å². The van der Waals surface area contributed by atoms with Crippen LogP contribution >= 0.6 is 0 Å². The molecule has 2 aliphatic rings. The molecular weight excluding hydrogens is 374 g/mol. The van der Waals surface area contributed by atoms with Crippen LogP contribution in [0.15, 0.2) is 24.3 Å². The first-order valence-corrected chi connectivity index (χ1v) is 9.81. The molecule has 2 aliphatic heterocycles. The standard InChI is InChI=1S/C20H25N5O4/c1-3-24-18(27)10-15(19(24)13-4-6-14(29-2)7-5-13)20(28)23-8-9-25-16(11-23)21-22-17(25)12-26/h4-7,15,19,26H,3,8-12H2,1-2H3/t15-,19+/m1/s1. The number of nitrogens with zero attached hydrogens (tertiary/aromatic N) is 5. The van der Waals surface area contributed by atoms with Gasteiger partial charge in [-0.2, -0.15) is 0 Å². The average Bonchev–Trinajstić information content (AvgIpc) is 3.32. The maximum absolute atomic E-state index is 13.4. The van der Waals surface area contributed by atoms with Gasteiger partial charge in [0.15, 0.2) is 11.6 Å². The maximum atomic E-state index is 13.4. The van der Waals surface area contributed by atoms with Crippen molar-refractivity contribution in [2.24, 2.45) is 5.92 Å². The number of carbonyl (C=O) groups excluding carboxylic acids is 2. The molecule has 1 aromatic carbocycles. The molecule has 9 nitrogen and oxygen atoms in total. The number of hydrogen-bond donors (Lipinski definition) is 1. The number of aliphatic hydroxyl groups is 1. The van der Waals surface area contributed by atoms with Crippen LogP contribution in [0.1, 0.15) is 36.6 Å². The molecule has 1 aromatic heterocycles. The van der Waals surface area contributed by atoms with E-state index in [2.05, 4.69) is 10.2 Å². The van der Waals surface area contributed by atoms with Gasteiger partial charge in [-0.15, -0.1) is 10.2 Å². The fourth-order valence-corrected chi connectivity index (χ4v) is 4.36. The minimum Gasteiger partial charge on any atom is -0.497 e. The zero-order valence-electron chi connectivity index (χ0n) is 16.6. The molecule has 2 amide bonds. The third-order valence-electron chi connectivity index (χ3n) is 5.83. The molecule has 0 saturated carbocycles. The number of fused-ring (bicyclic) bond motifs is 1. The molecule has 2 atom stereocenters. The van der Waals surface area contributed by atoms with Gasteiger partial charge in [-0.05, 0) is 24.6 Å². The highest BCUT2D eigenvalue weighted by molar-refractivity contribution is 5.90. The van der Waals surface area contributed by atoms with Gasteiger partial charge in [-0.1, -0.05) is 12.1 Å². The molecule has 0 spiro atoms. The lowest BCUT2D eigenvalue weighted by Gasteiger charge is -2.33. The lowest BCUT2D eigenvalue weighted by atomic mass is 9.92. The molecule has 154 valence electrons. The average molecular weight is 399 g/mol. The number of methoxy groups -OCH3 is 1. The van der Waals surface area contributed by atoms with E-state index < -0.39 is 5.92 Å². The molecule has 2 aromatic rings. The van der Waals surface area contributed by atoms with Gasteiger partial charge in [0.2, 0.25) is 11.8 Å². The SMILES string of the molecule is CCN1C(=O)C[C@@H](C(=O)N2CCn3c(CO)nnc3C2)[C@@H]1c1ccc(OC)cc1. The summed E-state index contributed by atoms with van der Waals surface area (Å²) in [5, 5.41) is 17.4. The first-order chi connectivity index (χ1) is 14.1. The van der Waals surface area contributed by atoms with Crippen molar-refractivity contribution in [3.05, 3.63) is 41.5 Å². The molecule has 9 heteroatoms. The summed E-state index contributed by atoms with van der Waals surface area (Å²) in [5.74, 6) is 1.41. The predicted octanol–water partition coefficient (Wildman–Crippen LogP) is 0.731. The van der Waals surface area contributed by atoms with Crippen molar-refractivity contribution in [3.8, 4) is 5.75 Å². The first kappa shape index (κ1) is 19.4. The molecule has 0 unspecified atom stereocenters. The smallest absolute Gasteiger partial charge is 0.229 e. The van der Waals surface area contributed by atoms with Crippen LogP contribution in [-0.4, -0.2) is 61.7 Å². The fraction of sp³-hybridized carbons (Fsp3) is 0.500. The van der Waals surface area contributed by atoms with E-state index in [1.54, 1.807) is 16.9 Å². The fourth-order valence-electron chi connectivity index (χ4n) is 4.36. The number of rotatable bonds is 5. The molecule has 4 rings (SSSR count). The maximum Gasteiger partial charge on any atom is 0.229 e. The Morgan fingerprint density at radius 3 is 2.66 bits per heavy atom. The van der Waals surface area contributed by atoms with Crippen LogP contribution in [0.25, 0.3) is 0 Å². The van der Waals surface area contributed by atoms with E-state index in [9.17, 15) is 14.7 Å². The minimum absolute atomic E-state index is 0.00517. The quantitative estimate of drug-likeness (QED) is 0.796. The summed E-state index contributed by atoms with van der Waals surface area (Å²) in [6, 6.07) is 7.26. The second-order valence-electron chi connectivity index (χ2n) is 7.31. The van der Waals surface area contributed by atoms with E-state index in [1.165, 1.54) is 0 Å². The van der Waals surface area contributed by atoms with Crippen LogP contribution in [0.4, 0.5) is 0 Å². The van der Waals surface area contributed by atoms with Crippen LogP contribution < -0.4 is 4.74 Å². The van der Waals surface area contributed by atoms with Crippen LogP contribution in [0, 0.1) is 5.92 Å². The highest BCUT2D eigenvalue weighted by Gasteiger charge is 2.45. The Morgan fingerprint density at radius 1 is 1.24 bits per heavy atom. The summed E-state index contributed by atoms with van der Waals surface area (Å²) in [4.78, 5) is 29.6. The van der Waals surface area contributed by atoms with Crippen molar-refractivity contribution in [2.45, 2.75) is 39.1 Å². The van der Waals surface area contributed by atoms with Crippen molar-refractivity contribution in [1.29, 1.82) is 0 Å². The Balaban J connectivity index is 1.59. The van der Waals surface area contributed by atoms with Gasteiger partial charge in [0, 0.05) is 26.1 Å². The Kier molecular flexibility index (Phi) is 5.23. The number of amides is 2.